The normalized spacial score (nSPS) is 13.2. The van der Waals surface area contributed by atoms with E-state index >= 15 is 0 Å². The van der Waals surface area contributed by atoms with Crippen LogP contribution in [0, 0.1) is 6.92 Å². The van der Waals surface area contributed by atoms with Gasteiger partial charge in [-0.1, -0.05) is 17.7 Å². The van der Waals surface area contributed by atoms with Crippen LogP contribution in [-0.2, 0) is 14.8 Å². The lowest BCUT2D eigenvalue weighted by Gasteiger charge is -2.26. The Morgan fingerprint density at radius 1 is 0.975 bits per heavy atom. The van der Waals surface area contributed by atoms with Crippen molar-refractivity contribution in [3.05, 3.63) is 71.3 Å². The highest BCUT2D eigenvalue weighted by molar-refractivity contribution is 7.93. The second-order valence-electron chi connectivity index (χ2n) is 9.30. The predicted octanol–water partition coefficient (Wildman–Crippen LogP) is 5.00. The maximum atomic E-state index is 13.9. The highest BCUT2D eigenvalue weighted by Gasteiger charge is 2.35. The highest BCUT2D eigenvalue weighted by Crippen LogP contribution is 2.38. The third kappa shape index (κ3) is 6.19. The molecule has 0 bridgehead atoms. The van der Waals surface area contributed by atoms with Crippen molar-refractivity contribution in [3.63, 3.8) is 0 Å². The second-order valence-corrected chi connectivity index (χ2v) is 11.8. The third-order valence-corrected chi connectivity index (χ3v) is 7.95. The number of nitrogens with zero attached hydrogens (tertiary/aromatic N) is 5. The number of benzene rings is 1. The number of hydrogen-bond donors (Lipinski definition) is 1. The summed E-state index contributed by atoms with van der Waals surface area (Å²) in [5.74, 6) is 1.10. The summed E-state index contributed by atoms with van der Waals surface area (Å²) in [5, 5.41) is 7.91. The Labute approximate surface area is 238 Å². The lowest BCUT2D eigenvalue weighted by atomic mass is 10.1. The van der Waals surface area contributed by atoms with Crippen molar-refractivity contribution in [3.8, 4) is 28.6 Å². The number of halogens is 1. The van der Waals surface area contributed by atoms with Crippen LogP contribution < -0.4 is 14.2 Å². The van der Waals surface area contributed by atoms with E-state index in [4.69, 9.17) is 25.8 Å². The molecule has 0 aliphatic rings. The molecule has 0 fully saturated rings. The number of hydrogen-bond acceptors (Lipinski definition) is 9. The number of rotatable bonds is 11. The first-order chi connectivity index (χ1) is 19.1. The summed E-state index contributed by atoms with van der Waals surface area (Å²) in [5.41, 5.74) is 2.34. The maximum Gasteiger partial charge on any atom is 0.243 e. The van der Waals surface area contributed by atoms with Gasteiger partial charge in [0, 0.05) is 24.2 Å². The van der Waals surface area contributed by atoms with Crippen LogP contribution in [-0.4, -0.2) is 58.7 Å². The van der Waals surface area contributed by atoms with Crippen molar-refractivity contribution in [1.29, 1.82) is 0 Å². The minimum absolute atomic E-state index is 0.0708. The molecule has 40 heavy (non-hydrogen) atoms. The molecule has 0 unspecified atom stereocenters. The molecule has 0 aliphatic heterocycles. The molecule has 0 saturated carbocycles. The molecule has 1 aromatic carbocycles. The zero-order valence-corrected chi connectivity index (χ0v) is 24.6. The van der Waals surface area contributed by atoms with Gasteiger partial charge in [0.25, 0.3) is 0 Å². The number of nitrogens with one attached hydrogen (secondary N) is 1. The van der Waals surface area contributed by atoms with Crippen LogP contribution in [0.5, 0.6) is 11.5 Å². The number of pyridine rings is 2. The van der Waals surface area contributed by atoms with Gasteiger partial charge in [-0.2, -0.15) is 0 Å². The van der Waals surface area contributed by atoms with Crippen molar-refractivity contribution in [2.24, 2.45) is 0 Å². The summed E-state index contributed by atoms with van der Waals surface area (Å²) >= 11 is 6.01. The lowest BCUT2D eigenvalue weighted by molar-refractivity contribution is 0.00417. The molecule has 0 spiro atoms. The first kappa shape index (κ1) is 29.2. The number of aromatic nitrogens is 5. The van der Waals surface area contributed by atoms with Crippen LogP contribution >= 0.6 is 11.6 Å². The highest BCUT2D eigenvalue weighted by atomic mass is 35.5. The first-order valence-electron chi connectivity index (χ1n) is 12.4. The Morgan fingerprint density at radius 3 is 2.25 bits per heavy atom. The summed E-state index contributed by atoms with van der Waals surface area (Å²) in [6.45, 7) is 7.08. The molecule has 0 radical (unpaired) electrons. The lowest BCUT2D eigenvalue weighted by Crippen LogP contribution is -2.34. The van der Waals surface area contributed by atoms with Gasteiger partial charge in [0.1, 0.15) is 28.5 Å². The first-order valence-corrected chi connectivity index (χ1v) is 14.4. The molecule has 4 rings (SSSR count). The van der Waals surface area contributed by atoms with Crippen LogP contribution in [0.25, 0.3) is 17.1 Å². The fourth-order valence-electron chi connectivity index (χ4n) is 4.13. The van der Waals surface area contributed by atoms with Gasteiger partial charge < -0.3 is 14.2 Å². The topological polar surface area (TPSA) is 130 Å². The van der Waals surface area contributed by atoms with Crippen molar-refractivity contribution in [2.45, 2.75) is 45.2 Å². The summed E-state index contributed by atoms with van der Waals surface area (Å²) in [6.07, 6.45) is 3.61. The number of sulfonamides is 1. The van der Waals surface area contributed by atoms with E-state index in [0.717, 1.165) is 5.56 Å². The van der Waals surface area contributed by atoms with E-state index < -0.39 is 21.4 Å². The van der Waals surface area contributed by atoms with E-state index in [0.29, 0.717) is 39.3 Å². The van der Waals surface area contributed by atoms with Crippen molar-refractivity contribution < 1.29 is 22.6 Å². The fourth-order valence-corrected chi connectivity index (χ4v) is 5.34. The quantitative estimate of drug-likeness (QED) is 0.258. The molecule has 11 nitrogen and oxygen atoms in total. The molecular weight excluding hydrogens is 556 g/mol. The summed E-state index contributed by atoms with van der Waals surface area (Å²) in [4.78, 5) is 8.58. The van der Waals surface area contributed by atoms with Gasteiger partial charge >= 0.3 is 0 Å². The Hall–Kier alpha value is -3.74. The minimum atomic E-state index is -4.13. The zero-order valence-electron chi connectivity index (χ0n) is 23.0. The second kappa shape index (κ2) is 12.2. The van der Waals surface area contributed by atoms with Gasteiger partial charge in [0.05, 0.1) is 31.0 Å². The van der Waals surface area contributed by atoms with E-state index in [2.05, 4.69) is 24.9 Å². The third-order valence-electron chi connectivity index (χ3n) is 6.03. The number of ether oxygens (including phenoxy) is 3. The zero-order chi connectivity index (χ0) is 29.0. The van der Waals surface area contributed by atoms with Crippen LogP contribution in [0.4, 0.5) is 5.95 Å². The summed E-state index contributed by atoms with van der Waals surface area (Å²) in [7, 11) is -1.11. The van der Waals surface area contributed by atoms with Crippen molar-refractivity contribution >= 4 is 27.6 Å². The largest absolute Gasteiger partial charge is 0.494 e. The molecule has 3 heterocycles. The Kier molecular flexibility index (Phi) is 8.92. The van der Waals surface area contributed by atoms with Crippen LogP contribution in [0.1, 0.15) is 38.1 Å². The number of para-hydroxylation sites is 1. The Morgan fingerprint density at radius 2 is 1.68 bits per heavy atom. The summed E-state index contributed by atoms with van der Waals surface area (Å²) < 4.78 is 49.1. The van der Waals surface area contributed by atoms with Crippen LogP contribution in [0.15, 0.2) is 55.0 Å². The molecule has 1 N–H and O–H groups in total. The SMILES string of the molecule is COc1cccc(OC)c1-n1c(NS(=O)(=O)[C@@H](C)[C@@H](OC(C)C)c2ccc(Cl)cn2)nnc1-c1cncc(C)c1. The van der Waals surface area contributed by atoms with E-state index in [1.165, 1.54) is 25.0 Å². The van der Waals surface area contributed by atoms with Crippen LogP contribution in [0.2, 0.25) is 5.02 Å². The molecule has 0 saturated heterocycles. The average molecular weight is 587 g/mol. The molecule has 2 atom stereocenters. The predicted molar refractivity (Wildman–Crippen MR) is 153 cm³/mol. The molecule has 13 heteroatoms. The minimum Gasteiger partial charge on any atom is -0.494 e. The summed E-state index contributed by atoms with van der Waals surface area (Å²) in [6, 6.07) is 10.4. The van der Waals surface area contributed by atoms with Gasteiger partial charge in [-0.3, -0.25) is 19.3 Å². The van der Waals surface area contributed by atoms with Crippen molar-refractivity contribution in [2.75, 3.05) is 18.9 Å². The van der Waals surface area contributed by atoms with E-state index in [-0.39, 0.29) is 12.1 Å². The molecule has 0 amide bonds. The fraction of sp³-hybridized carbons (Fsp3) is 0.333. The smallest absolute Gasteiger partial charge is 0.243 e. The monoisotopic (exact) mass is 586 g/mol. The Balaban J connectivity index is 1.85. The van der Waals surface area contributed by atoms with Gasteiger partial charge in [-0.15, -0.1) is 10.2 Å². The van der Waals surface area contributed by atoms with E-state index in [1.807, 2.05) is 26.8 Å². The molecular formula is C27H31ClN6O5S. The maximum absolute atomic E-state index is 13.9. The molecule has 4 aromatic rings. The standard InChI is InChI=1S/C27H31ClN6O5S/c1-16(2)39-25(21-11-10-20(28)15-30-21)18(4)40(35,36)33-27-32-31-26(19-12-17(3)13-29-14-19)34(27)24-22(37-5)8-7-9-23(24)38-6/h7-16,18,25H,1-6H3,(H,32,33)/t18-,25+/m0/s1. The Bertz CT molecular complexity index is 1550. The van der Waals surface area contributed by atoms with Gasteiger partial charge in [0.2, 0.25) is 16.0 Å². The number of aryl methyl sites for hydroxylation is 1. The van der Waals surface area contributed by atoms with Gasteiger partial charge in [-0.05, 0) is 63.6 Å². The van der Waals surface area contributed by atoms with E-state index in [9.17, 15) is 8.42 Å². The number of methoxy groups -OCH3 is 2. The number of anilines is 1. The van der Waals surface area contributed by atoms with E-state index in [1.54, 1.807) is 49.6 Å². The molecule has 212 valence electrons. The van der Waals surface area contributed by atoms with Crippen molar-refractivity contribution in [1.82, 2.24) is 24.7 Å². The molecule has 3 aromatic heterocycles. The van der Waals surface area contributed by atoms with Gasteiger partial charge in [-0.25, -0.2) is 8.42 Å². The van der Waals surface area contributed by atoms with Crippen LogP contribution in [0.3, 0.4) is 0 Å². The van der Waals surface area contributed by atoms with Gasteiger partial charge in [0.15, 0.2) is 5.82 Å². The average Bonchev–Trinajstić information content (AvgIpc) is 3.33. The molecule has 0 aliphatic carbocycles.